The summed E-state index contributed by atoms with van der Waals surface area (Å²) in [6.07, 6.45) is 0. The minimum absolute atomic E-state index is 0.0614. The van der Waals surface area contributed by atoms with Gasteiger partial charge < -0.3 is 14.6 Å². The van der Waals surface area contributed by atoms with Gasteiger partial charge in [0.25, 0.3) is 0 Å². The van der Waals surface area contributed by atoms with Gasteiger partial charge in [0.2, 0.25) is 0 Å². The standard InChI is InChI=1S/C9H9ClO4/c1-13-7-4-5(9(12)14-2)3-6(11)8(7)10/h3-4,11H,1-2H3/i1D3. The first-order valence-corrected chi connectivity index (χ1v) is 3.92. The Morgan fingerprint density at radius 2 is 2.36 bits per heavy atom. The van der Waals surface area contributed by atoms with Crippen LogP contribution < -0.4 is 4.74 Å². The van der Waals surface area contributed by atoms with Gasteiger partial charge in [-0.25, -0.2) is 4.79 Å². The normalized spacial score (nSPS) is 13.7. The number of halogens is 1. The molecular weight excluding hydrogens is 208 g/mol. The lowest BCUT2D eigenvalue weighted by Crippen LogP contribution is -2.01. The van der Waals surface area contributed by atoms with Crippen molar-refractivity contribution in [1.29, 1.82) is 0 Å². The Hall–Kier alpha value is -1.42. The van der Waals surface area contributed by atoms with Gasteiger partial charge in [0, 0.05) is 0 Å². The summed E-state index contributed by atoms with van der Waals surface area (Å²) in [5, 5.41) is 9.14. The van der Waals surface area contributed by atoms with Crippen molar-refractivity contribution in [2.24, 2.45) is 0 Å². The molecule has 1 aromatic carbocycles. The Bertz CT molecular complexity index is 445. The predicted molar refractivity (Wildman–Crippen MR) is 51.0 cm³/mol. The van der Waals surface area contributed by atoms with Crippen molar-refractivity contribution < 1.29 is 23.5 Å². The second kappa shape index (κ2) is 4.19. The van der Waals surface area contributed by atoms with Crippen LogP contribution in [0.3, 0.4) is 0 Å². The molecule has 0 amide bonds. The highest BCUT2D eigenvalue weighted by atomic mass is 35.5. The number of carbonyl (C=O) groups is 1. The van der Waals surface area contributed by atoms with Crippen LogP contribution in [0.2, 0.25) is 5.02 Å². The first-order valence-electron chi connectivity index (χ1n) is 5.04. The summed E-state index contributed by atoms with van der Waals surface area (Å²) in [5.41, 5.74) is -0.0614. The first kappa shape index (κ1) is 6.95. The zero-order valence-electron chi connectivity index (χ0n) is 10.2. The van der Waals surface area contributed by atoms with Crippen molar-refractivity contribution in [2.45, 2.75) is 0 Å². The average molecular weight is 220 g/mol. The fourth-order valence-corrected chi connectivity index (χ4v) is 1.04. The second-order valence-corrected chi connectivity index (χ2v) is 2.78. The summed E-state index contributed by atoms with van der Waals surface area (Å²) in [4.78, 5) is 11.2. The van der Waals surface area contributed by atoms with Crippen LogP contribution in [-0.4, -0.2) is 25.2 Å². The Balaban J connectivity index is 3.20. The molecule has 0 atom stereocenters. The molecule has 76 valence electrons. The van der Waals surface area contributed by atoms with Gasteiger partial charge in [0.15, 0.2) is 0 Å². The molecule has 0 spiro atoms. The van der Waals surface area contributed by atoms with Crippen molar-refractivity contribution in [2.75, 3.05) is 14.1 Å². The molecule has 0 aliphatic carbocycles. The highest BCUT2D eigenvalue weighted by Gasteiger charge is 2.13. The molecule has 0 aliphatic heterocycles. The Morgan fingerprint density at radius 1 is 1.64 bits per heavy atom. The monoisotopic (exact) mass is 219 g/mol. The van der Waals surface area contributed by atoms with Gasteiger partial charge in [0.1, 0.15) is 16.5 Å². The van der Waals surface area contributed by atoms with Crippen LogP contribution in [0.15, 0.2) is 12.1 Å². The van der Waals surface area contributed by atoms with Crippen molar-refractivity contribution in [3.8, 4) is 11.5 Å². The van der Waals surface area contributed by atoms with Gasteiger partial charge in [-0.05, 0) is 12.1 Å². The van der Waals surface area contributed by atoms with E-state index < -0.39 is 18.8 Å². The molecule has 1 aromatic rings. The number of hydrogen-bond acceptors (Lipinski definition) is 4. The molecular formula is C9H9ClO4. The van der Waals surface area contributed by atoms with E-state index >= 15 is 0 Å². The molecule has 0 fully saturated rings. The number of carbonyl (C=O) groups excluding carboxylic acids is 1. The lowest BCUT2D eigenvalue weighted by molar-refractivity contribution is 0.0600. The molecule has 1 N–H and O–H groups in total. The van der Waals surface area contributed by atoms with Gasteiger partial charge in [-0.15, -0.1) is 0 Å². The lowest BCUT2D eigenvalue weighted by Gasteiger charge is -2.06. The number of methoxy groups -OCH3 is 2. The molecule has 0 saturated carbocycles. The molecule has 0 unspecified atom stereocenters. The number of aromatic hydroxyl groups is 1. The second-order valence-electron chi connectivity index (χ2n) is 2.40. The van der Waals surface area contributed by atoms with E-state index in [0.29, 0.717) is 0 Å². The van der Waals surface area contributed by atoms with Crippen LogP contribution >= 0.6 is 11.6 Å². The maximum atomic E-state index is 11.2. The first-order chi connectivity index (χ1) is 7.74. The van der Waals surface area contributed by atoms with Crippen molar-refractivity contribution in [1.82, 2.24) is 0 Å². The summed E-state index contributed by atoms with van der Waals surface area (Å²) in [6.45, 7) is 0. The Labute approximate surface area is 90.2 Å². The van der Waals surface area contributed by atoms with Crippen LogP contribution in [0.25, 0.3) is 0 Å². The van der Waals surface area contributed by atoms with Crippen molar-refractivity contribution in [3.05, 3.63) is 22.7 Å². The quantitative estimate of drug-likeness (QED) is 0.772. The fraction of sp³-hybridized carbons (Fsp3) is 0.222. The largest absolute Gasteiger partial charge is 0.506 e. The number of phenolic OH excluding ortho intramolecular Hbond substituents is 1. The number of ether oxygens (including phenoxy) is 2. The zero-order valence-corrected chi connectivity index (χ0v) is 7.96. The summed E-state index contributed by atoms with van der Waals surface area (Å²) >= 11 is 5.64. The highest BCUT2D eigenvalue weighted by Crippen LogP contribution is 2.34. The lowest BCUT2D eigenvalue weighted by atomic mass is 10.2. The van der Waals surface area contributed by atoms with E-state index in [1.54, 1.807) is 0 Å². The maximum absolute atomic E-state index is 11.2. The summed E-state index contributed by atoms with van der Waals surface area (Å²) in [7, 11) is -1.58. The third-order valence-electron chi connectivity index (χ3n) is 1.55. The molecule has 0 aromatic heterocycles. The number of benzene rings is 1. The van der Waals surface area contributed by atoms with Crippen molar-refractivity contribution >= 4 is 17.6 Å². The van der Waals surface area contributed by atoms with Gasteiger partial charge in [-0.3, -0.25) is 0 Å². The van der Waals surface area contributed by atoms with E-state index in [1.165, 1.54) is 0 Å². The molecule has 0 heterocycles. The smallest absolute Gasteiger partial charge is 0.338 e. The topological polar surface area (TPSA) is 55.8 Å². The van der Waals surface area contributed by atoms with Gasteiger partial charge >= 0.3 is 5.97 Å². The van der Waals surface area contributed by atoms with Crippen LogP contribution in [0.5, 0.6) is 11.5 Å². The van der Waals surface area contributed by atoms with Crippen molar-refractivity contribution in [3.63, 3.8) is 0 Å². The Morgan fingerprint density at radius 3 is 2.93 bits per heavy atom. The summed E-state index contributed by atoms with van der Waals surface area (Å²) < 4.78 is 29.7. The molecule has 4 nitrogen and oxygen atoms in total. The van der Waals surface area contributed by atoms with Gasteiger partial charge in [-0.2, -0.15) is 0 Å². The SMILES string of the molecule is [2H]C([2H])([2H])Oc1cc(C(=O)OC)cc(O)c1Cl. The number of phenols is 1. The number of rotatable bonds is 2. The highest BCUT2D eigenvalue weighted by molar-refractivity contribution is 6.33. The molecule has 5 heteroatoms. The summed E-state index contributed by atoms with van der Waals surface area (Å²) in [5.74, 6) is -1.52. The molecule has 0 aliphatic rings. The third kappa shape index (κ3) is 1.90. The maximum Gasteiger partial charge on any atom is 0.338 e. The molecule has 0 bridgehead atoms. The van der Waals surface area contributed by atoms with E-state index in [-0.39, 0.29) is 16.3 Å². The number of hydrogen-bond donors (Lipinski definition) is 1. The van der Waals surface area contributed by atoms with E-state index in [9.17, 15) is 9.90 Å². The summed E-state index contributed by atoms with van der Waals surface area (Å²) in [6, 6.07) is 2.14. The Kier molecular flexibility index (Phi) is 2.08. The minimum Gasteiger partial charge on any atom is -0.506 e. The van der Waals surface area contributed by atoms with Crippen LogP contribution in [-0.2, 0) is 4.74 Å². The van der Waals surface area contributed by atoms with Crippen LogP contribution in [0.1, 0.15) is 14.5 Å². The molecule has 0 saturated heterocycles. The average Bonchev–Trinajstić information content (AvgIpc) is 2.21. The van der Waals surface area contributed by atoms with Crippen LogP contribution in [0.4, 0.5) is 0 Å². The number of esters is 1. The molecule has 1 rings (SSSR count). The van der Waals surface area contributed by atoms with E-state index in [1.807, 2.05) is 0 Å². The minimum atomic E-state index is -2.73. The molecule has 14 heavy (non-hydrogen) atoms. The fourth-order valence-electron chi connectivity index (χ4n) is 0.893. The predicted octanol–water partition coefficient (Wildman–Crippen LogP) is 1.84. The third-order valence-corrected chi connectivity index (χ3v) is 1.93. The van der Waals surface area contributed by atoms with E-state index in [2.05, 4.69) is 9.47 Å². The van der Waals surface area contributed by atoms with E-state index in [0.717, 1.165) is 19.2 Å². The van der Waals surface area contributed by atoms with Crippen LogP contribution in [0, 0.1) is 0 Å². The van der Waals surface area contributed by atoms with E-state index in [4.69, 9.17) is 15.7 Å². The molecule has 0 radical (unpaired) electrons. The van der Waals surface area contributed by atoms with Gasteiger partial charge in [-0.1, -0.05) is 11.6 Å². The van der Waals surface area contributed by atoms with Gasteiger partial charge in [0.05, 0.1) is 23.8 Å². The zero-order chi connectivity index (χ0) is 13.2.